The summed E-state index contributed by atoms with van der Waals surface area (Å²) >= 11 is 0. The van der Waals surface area contributed by atoms with Crippen molar-refractivity contribution in [3.05, 3.63) is 95.3 Å². The van der Waals surface area contributed by atoms with Gasteiger partial charge < -0.3 is 34.5 Å². The zero-order chi connectivity index (χ0) is 35.5. The quantitative estimate of drug-likeness (QED) is 0.148. The monoisotopic (exact) mass is 694 g/mol. The number of ether oxygens (including phenoxy) is 1. The topological polar surface area (TPSA) is 147 Å². The normalized spacial score (nSPS) is 22.5. The number of nitrogens with one attached hydrogen (secondary N) is 4. The lowest BCUT2D eigenvalue weighted by molar-refractivity contribution is -0.131. The van der Waals surface area contributed by atoms with Gasteiger partial charge in [0.15, 0.2) is 23.4 Å². The van der Waals surface area contributed by atoms with Crippen molar-refractivity contribution in [3.8, 4) is 39.8 Å². The molecule has 262 valence electrons. The standard InChI is InChI=1S/C41H38N6O5/c1-5-8-20(4)36(48)44-28-16-21-13-14-29-26(15-21)41-25-11-6-10-23(33(25)47-40(41)51-29)22-9-7-12-27-31(22)24(17-42-27)30-18-43-38(50-30)34-35(41)52-39(46-34)32(19(2)3)45-37(28)49/h6-7,9-15,17-20,28,32,40,42,47H,5,8,16H2,1-4H3,(H,44,48)(H,45,49)/t20?,28-,32-,40?,41-/m0/s1. The number of carbonyl (C=O) groups is 2. The van der Waals surface area contributed by atoms with Crippen LogP contribution in [-0.2, 0) is 21.4 Å². The molecule has 4 aliphatic heterocycles. The van der Waals surface area contributed by atoms with Gasteiger partial charge in [0.25, 0.3) is 0 Å². The number of benzene rings is 3. The lowest BCUT2D eigenvalue weighted by Gasteiger charge is -2.29. The van der Waals surface area contributed by atoms with Gasteiger partial charge in [0, 0.05) is 57.4 Å². The first-order valence-electron chi connectivity index (χ1n) is 18.1. The second-order valence-electron chi connectivity index (χ2n) is 14.9. The van der Waals surface area contributed by atoms with Crippen molar-refractivity contribution in [1.82, 2.24) is 25.6 Å². The molecule has 4 aliphatic rings. The van der Waals surface area contributed by atoms with Crippen LogP contribution in [0.4, 0.5) is 5.69 Å². The fourth-order valence-electron chi connectivity index (χ4n) is 8.74. The van der Waals surface area contributed by atoms with E-state index >= 15 is 0 Å². The highest BCUT2D eigenvalue weighted by molar-refractivity contribution is 6.07. The average molecular weight is 695 g/mol. The number of hydrogen-bond acceptors (Lipinski definition) is 8. The van der Waals surface area contributed by atoms with Crippen LogP contribution in [0.2, 0.25) is 0 Å². The Labute approximate surface area is 299 Å². The maximum atomic E-state index is 14.2. The Morgan fingerprint density at radius 1 is 1.02 bits per heavy atom. The van der Waals surface area contributed by atoms with Gasteiger partial charge in [0.2, 0.25) is 23.6 Å². The molecule has 11 nitrogen and oxygen atoms in total. The van der Waals surface area contributed by atoms with E-state index in [1.54, 1.807) is 6.20 Å². The van der Waals surface area contributed by atoms with E-state index in [0.29, 0.717) is 34.7 Å². The molecule has 1 spiro atoms. The number of nitrogens with zero attached hydrogens (tertiary/aromatic N) is 2. The van der Waals surface area contributed by atoms with Crippen molar-refractivity contribution >= 4 is 28.4 Å². The largest absolute Gasteiger partial charge is 0.469 e. The first-order chi connectivity index (χ1) is 25.3. The molecule has 4 N–H and O–H groups in total. The van der Waals surface area contributed by atoms with Crippen molar-refractivity contribution in [3.63, 3.8) is 0 Å². The number of aromatic amines is 1. The maximum absolute atomic E-state index is 14.2. The Hall–Kier alpha value is -5.84. The molecule has 2 unspecified atom stereocenters. The van der Waals surface area contributed by atoms with Crippen molar-refractivity contribution in [1.29, 1.82) is 0 Å². The van der Waals surface area contributed by atoms with E-state index in [1.165, 1.54) is 0 Å². The fraction of sp³-hybridized carbons (Fsp3) is 0.317. The molecule has 0 saturated carbocycles. The first-order valence-corrected chi connectivity index (χ1v) is 18.1. The van der Waals surface area contributed by atoms with Crippen molar-refractivity contribution < 1.29 is 23.2 Å². The van der Waals surface area contributed by atoms with Gasteiger partial charge in [-0.15, -0.1) is 0 Å². The van der Waals surface area contributed by atoms with Crippen LogP contribution < -0.4 is 20.7 Å². The van der Waals surface area contributed by atoms with E-state index in [0.717, 1.165) is 62.8 Å². The van der Waals surface area contributed by atoms with Gasteiger partial charge in [-0.25, -0.2) is 9.97 Å². The predicted molar refractivity (Wildman–Crippen MR) is 195 cm³/mol. The SMILES string of the molecule is CCCC(C)C(=O)N[C@H]1Cc2ccc3c(c2)[C@]24c5cccc(c5NC2O3)-c2cccc3[nH]cc(c23)-c2cnc(o2)-c2nc(oc24)[C@H](C(C)C)NC1=O. The summed E-state index contributed by atoms with van der Waals surface area (Å²) in [4.78, 5) is 41.0. The summed E-state index contributed by atoms with van der Waals surface area (Å²) in [5.41, 5.74) is 6.98. The van der Waals surface area contributed by atoms with E-state index in [-0.39, 0.29) is 30.1 Å². The molecular weight excluding hydrogens is 656 g/mol. The molecule has 6 aromatic rings. The van der Waals surface area contributed by atoms with Gasteiger partial charge in [-0.2, -0.15) is 0 Å². The molecule has 2 amide bonds. The number of oxazole rings is 2. The van der Waals surface area contributed by atoms with Gasteiger partial charge in [0.1, 0.15) is 23.2 Å². The minimum absolute atomic E-state index is 0.117. The number of carbonyl (C=O) groups excluding carboxylic acids is 2. The minimum atomic E-state index is -1.01. The molecule has 5 atom stereocenters. The Morgan fingerprint density at radius 2 is 1.87 bits per heavy atom. The van der Waals surface area contributed by atoms with E-state index in [4.69, 9.17) is 23.5 Å². The van der Waals surface area contributed by atoms with Crippen LogP contribution in [0.3, 0.4) is 0 Å². The van der Waals surface area contributed by atoms with Crippen LogP contribution in [0.1, 0.15) is 74.9 Å². The first kappa shape index (κ1) is 30.9. The number of amides is 2. The summed E-state index contributed by atoms with van der Waals surface area (Å²) in [5, 5.41) is 11.1. The molecule has 10 bridgehead atoms. The van der Waals surface area contributed by atoms with Gasteiger partial charge in [-0.3, -0.25) is 9.59 Å². The lowest BCUT2D eigenvalue weighted by atomic mass is 9.72. The van der Waals surface area contributed by atoms with Gasteiger partial charge in [-0.05, 0) is 35.6 Å². The fourth-order valence-corrected chi connectivity index (χ4v) is 8.74. The number of aromatic nitrogens is 3. The van der Waals surface area contributed by atoms with Crippen LogP contribution in [0, 0.1) is 11.8 Å². The molecule has 0 radical (unpaired) electrons. The smallest absolute Gasteiger partial charge is 0.249 e. The van der Waals surface area contributed by atoms with E-state index in [1.807, 2.05) is 39.1 Å². The zero-order valence-electron chi connectivity index (χ0n) is 29.3. The van der Waals surface area contributed by atoms with Crippen LogP contribution in [0.15, 0.2) is 75.8 Å². The molecule has 0 fully saturated rings. The highest BCUT2D eigenvalue weighted by Gasteiger charge is 2.61. The predicted octanol–water partition coefficient (Wildman–Crippen LogP) is 7.23. The van der Waals surface area contributed by atoms with E-state index in [9.17, 15) is 9.59 Å². The number of hydrogen-bond donors (Lipinski definition) is 4. The molecular formula is C41H38N6O5. The average Bonchev–Trinajstić information content (AvgIpc) is 3.96. The van der Waals surface area contributed by atoms with Gasteiger partial charge >= 0.3 is 0 Å². The van der Waals surface area contributed by atoms with Gasteiger partial charge in [-0.1, -0.05) is 76.6 Å². The number of fused-ring (bicyclic) bond motifs is 7. The Bertz CT molecular complexity index is 2460. The van der Waals surface area contributed by atoms with Crippen LogP contribution in [0.25, 0.3) is 44.9 Å². The summed E-state index contributed by atoms with van der Waals surface area (Å²) in [5.74, 6) is 1.62. The van der Waals surface area contributed by atoms with Gasteiger partial charge in [0.05, 0.1) is 6.20 Å². The summed E-state index contributed by atoms with van der Waals surface area (Å²) in [6, 6.07) is 17.1. The minimum Gasteiger partial charge on any atom is -0.469 e. The Morgan fingerprint density at radius 3 is 2.71 bits per heavy atom. The van der Waals surface area contributed by atoms with Crippen LogP contribution in [-0.4, -0.2) is 39.0 Å². The second-order valence-corrected chi connectivity index (χ2v) is 14.9. The van der Waals surface area contributed by atoms with Crippen LogP contribution >= 0.6 is 0 Å². The molecule has 11 heteroatoms. The Kier molecular flexibility index (Phi) is 6.59. The second kappa shape index (κ2) is 11.1. The summed E-state index contributed by atoms with van der Waals surface area (Å²) in [7, 11) is 0. The zero-order valence-corrected chi connectivity index (χ0v) is 29.3. The molecule has 52 heavy (non-hydrogen) atoms. The summed E-state index contributed by atoms with van der Waals surface area (Å²) in [6.07, 6.45) is 4.96. The Balaban J connectivity index is 1.27. The number of H-pyrrole nitrogens is 1. The van der Waals surface area contributed by atoms with Crippen molar-refractivity contribution in [2.75, 3.05) is 5.32 Å². The molecule has 0 aliphatic carbocycles. The molecule has 0 saturated heterocycles. The third-order valence-corrected chi connectivity index (χ3v) is 11.3. The molecule has 10 rings (SSSR count). The van der Waals surface area contributed by atoms with E-state index in [2.05, 4.69) is 70.3 Å². The lowest BCUT2D eigenvalue weighted by Crippen LogP contribution is -2.50. The van der Waals surface area contributed by atoms with Crippen molar-refractivity contribution in [2.45, 2.75) is 70.7 Å². The number of anilines is 1. The highest BCUT2D eigenvalue weighted by Crippen LogP contribution is 2.61. The third-order valence-electron chi connectivity index (χ3n) is 11.3. The molecule has 7 heterocycles. The summed E-state index contributed by atoms with van der Waals surface area (Å²) in [6.45, 7) is 7.97. The van der Waals surface area contributed by atoms with E-state index < -0.39 is 23.7 Å². The molecule has 3 aromatic heterocycles. The number of para-hydroxylation sites is 1. The third kappa shape index (κ3) is 4.19. The summed E-state index contributed by atoms with van der Waals surface area (Å²) < 4.78 is 20.5. The van der Waals surface area contributed by atoms with Crippen molar-refractivity contribution in [2.24, 2.45) is 11.8 Å². The van der Waals surface area contributed by atoms with Crippen LogP contribution in [0.5, 0.6) is 5.75 Å². The number of rotatable bonds is 5. The maximum Gasteiger partial charge on any atom is 0.249 e. The molecule has 3 aromatic carbocycles. The highest BCUT2D eigenvalue weighted by atomic mass is 16.5.